The van der Waals surface area contributed by atoms with Crippen LogP contribution in [0.3, 0.4) is 0 Å². The third kappa shape index (κ3) is 4.55. The van der Waals surface area contributed by atoms with Crippen molar-refractivity contribution in [2.45, 2.75) is 53.7 Å². The Hall–Kier alpha value is -1.79. The summed E-state index contributed by atoms with van der Waals surface area (Å²) < 4.78 is 11.6. The van der Waals surface area contributed by atoms with E-state index in [0.29, 0.717) is 40.4 Å². The van der Waals surface area contributed by atoms with Crippen LogP contribution in [-0.2, 0) is 4.79 Å². The number of ketones is 1. The largest absolute Gasteiger partial charge is 0.490 e. The molecule has 0 aliphatic carbocycles. The van der Waals surface area contributed by atoms with Gasteiger partial charge in [-0.05, 0) is 71.5 Å². The number of rotatable bonds is 7. The van der Waals surface area contributed by atoms with Crippen molar-refractivity contribution in [2.75, 3.05) is 13.2 Å². The van der Waals surface area contributed by atoms with Gasteiger partial charge in [0.1, 0.15) is 0 Å². The highest BCUT2D eigenvalue weighted by atomic mass is 35.5. The molecule has 1 aliphatic rings. The van der Waals surface area contributed by atoms with E-state index >= 15 is 0 Å². The van der Waals surface area contributed by atoms with E-state index in [0.717, 1.165) is 11.3 Å². The average Bonchev–Trinajstić information content (AvgIpc) is 2.57. The van der Waals surface area contributed by atoms with E-state index in [1.54, 1.807) is 13.0 Å². The van der Waals surface area contributed by atoms with Crippen molar-refractivity contribution >= 4 is 34.7 Å². The topological polar surface area (TPSA) is 50.8 Å². The summed E-state index contributed by atoms with van der Waals surface area (Å²) in [5.41, 5.74) is 2.33. The number of hydrogen-bond acceptors (Lipinski definition) is 4. The number of ether oxygens (including phenoxy) is 2. The van der Waals surface area contributed by atoms with E-state index in [2.05, 4.69) is 5.32 Å². The Labute approximate surface area is 171 Å². The Bertz CT molecular complexity index is 777. The zero-order valence-corrected chi connectivity index (χ0v) is 18.3. The summed E-state index contributed by atoms with van der Waals surface area (Å²) in [6.45, 7) is 12.4. The highest BCUT2D eigenvalue weighted by Gasteiger charge is 2.32. The number of Topliss-reactive ketones (excluding diaryl/α,β-unsaturated/α-hetero) is 1. The molecule has 1 aromatic rings. The summed E-state index contributed by atoms with van der Waals surface area (Å²) in [7, 11) is 0. The molecule has 0 saturated carbocycles. The molecule has 1 aromatic carbocycles. The fourth-order valence-electron chi connectivity index (χ4n) is 3.24. The number of carbonyl (C=O) groups excluding carboxylic acids is 1. The normalized spacial score (nSPS) is 17.3. The van der Waals surface area contributed by atoms with Gasteiger partial charge < -0.3 is 19.7 Å². The number of carbonyl (C=O) groups is 1. The predicted molar refractivity (Wildman–Crippen MR) is 113 cm³/mol. The van der Waals surface area contributed by atoms with Gasteiger partial charge in [-0.1, -0.05) is 11.6 Å². The van der Waals surface area contributed by atoms with Crippen LogP contribution in [0.5, 0.6) is 11.5 Å². The smallest absolute Gasteiger partial charge is 0.180 e. The summed E-state index contributed by atoms with van der Waals surface area (Å²) in [5, 5.41) is 4.30. The molecule has 0 bridgehead atoms. The molecular weight excluding hydrogens is 384 g/mol. The van der Waals surface area contributed by atoms with Gasteiger partial charge in [0.15, 0.2) is 22.4 Å². The molecule has 1 atom stereocenters. The second kappa shape index (κ2) is 8.93. The van der Waals surface area contributed by atoms with Gasteiger partial charge in [-0.2, -0.15) is 0 Å². The molecule has 0 amide bonds. The number of allylic oxidation sites excluding steroid dienone is 1. The Balaban J connectivity index is 2.60. The molecule has 1 N–H and O–H groups in total. The second-order valence-electron chi connectivity index (χ2n) is 6.61. The Morgan fingerprint density at radius 3 is 2.56 bits per heavy atom. The van der Waals surface area contributed by atoms with Gasteiger partial charge in [-0.25, -0.2) is 0 Å². The fourth-order valence-corrected chi connectivity index (χ4v) is 3.88. The maximum atomic E-state index is 12.4. The first kappa shape index (κ1) is 21.5. The van der Waals surface area contributed by atoms with Crippen molar-refractivity contribution in [2.24, 2.45) is 0 Å². The monoisotopic (exact) mass is 410 g/mol. The summed E-state index contributed by atoms with van der Waals surface area (Å²) in [6.07, 6.45) is -0.0408. The molecule has 0 aromatic heterocycles. The molecule has 5 nitrogen and oxygen atoms in total. The van der Waals surface area contributed by atoms with Crippen LogP contribution in [0.2, 0.25) is 5.02 Å². The standard InChI is InChI=1S/C20H27ClN2O3S/c1-7-23-12(5)17(13(6)24)18(22-20(23)27)14-9-15(21)19(26-11(3)4)16(10-14)25-8-2/h9-11,18H,7-8H2,1-6H3,(H,22,27). The minimum Gasteiger partial charge on any atom is -0.490 e. The van der Waals surface area contributed by atoms with Crippen molar-refractivity contribution < 1.29 is 14.3 Å². The summed E-state index contributed by atoms with van der Waals surface area (Å²) in [5.74, 6) is 1.05. The third-order valence-electron chi connectivity index (χ3n) is 4.31. The Morgan fingerprint density at radius 2 is 2.04 bits per heavy atom. The van der Waals surface area contributed by atoms with Gasteiger partial charge in [0, 0.05) is 17.8 Å². The van der Waals surface area contributed by atoms with Crippen molar-refractivity contribution in [3.05, 3.63) is 34.0 Å². The molecule has 0 radical (unpaired) electrons. The minimum absolute atomic E-state index is 0.0115. The van der Waals surface area contributed by atoms with Crippen LogP contribution in [0, 0.1) is 0 Å². The van der Waals surface area contributed by atoms with Crippen LogP contribution in [0.25, 0.3) is 0 Å². The lowest BCUT2D eigenvalue weighted by Crippen LogP contribution is -2.47. The summed E-state index contributed by atoms with van der Waals surface area (Å²) in [4.78, 5) is 14.3. The van der Waals surface area contributed by atoms with E-state index in [-0.39, 0.29) is 17.9 Å². The van der Waals surface area contributed by atoms with Gasteiger partial charge in [0.25, 0.3) is 0 Å². The first-order chi connectivity index (χ1) is 12.7. The maximum absolute atomic E-state index is 12.4. The van der Waals surface area contributed by atoms with E-state index in [1.165, 1.54) is 0 Å². The molecule has 148 valence electrons. The number of benzene rings is 1. The molecular formula is C20H27ClN2O3S. The van der Waals surface area contributed by atoms with Crippen LogP contribution in [0.4, 0.5) is 0 Å². The molecule has 1 heterocycles. The lowest BCUT2D eigenvalue weighted by molar-refractivity contribution is -0.114. The molecule has 27 heavy (non-hydrogen) atoms. The van der Waals surface area contributed by atoms with Crippen molar-refractivity contribution in [3.8, 4) is 11.5 Å². The first-order valence-corrected chi connectivity index (χ1v) is 9.92. The third-order valence-corrected chi connectivity index (χ3v) is 4.93. The van der Waals surface area contributed by atoms with E-state index < -0.39 is 0 Å². The van der Waals surface area contributed by atoms with Crippen LogP contribution in [0.15, 0.2) is 23.4 Å². The first-order valence-electron chi connectivity index (χ1n) is 9.13. The molecule has 2 rings (SSSR count). The van der Waals surface area contributed by atoms with Gasteiger partial charge in [0.2, 0.25) is 0 Å². The van der Waals surface area contributed by atoms with Gasteiger partial charge >= 0.3 is 0 Å². The molecule has 1 aliphatic heterocycles. The van der Waals surface area contributed by atoms with Crippen LogP contribution in [0.1, 0.15) is 53.1 Å². The predicted octanol–water partition coefficient (Wildman–Crippen LogP) is 4.64. The second-order valence-corrected chi connectivity index (χ2v) is 7.41. The van der Waals surface area contributed by atoms with E-state index in [9.17, 15) is 4.79 Å². The summed E-state index contributed by atoms with van der Waals surface area (Å²) in [6, 6.07) is 3.29. The number of thiocarbonyl (C=S) groups is 1. The number of halogens is 1. The SMILES string of the molecule is CCOc1cc(C2NC(=S)N(CC)C(C)=C2C(C)=O)cc(Cl)c1OC(C)C. The van der Waals surface area contributed by atoms with Gasteiger partial charge in [-0.15, -0.1) is 0 Å². The molecule has 0 saturated heterocycles. The van der Waals surface area contributed by atoms with E-state index in [1.807, 2.05) is 45.6 Å². The van der Waals surface area contributed by atoms with Crippen LogP contribution >= 0.6 is 23.8 Å². The maximum Gasteiger partial charge on any atom is 0.180 e. The van der Waals surface area contributed by atoms with Crippen LogP contribution < -0.4 is 14.8 Å². The molecule has 7 heteroatoms. The highest BCUT2D eigenvalue weighted by molar-refractivity contribution is 7.80. The Morgan fingerprint density at radius 1 is 1.37 bits per heavy atom. The lowest BCUT2D eigenvalue weighted by Gasteiger charge is -2.37. The van der Waals surface area contributed by atoms with Gasteiger partial charge in [0.05, 0.1) is 23.8 Å². The molecule has 0 spiro atoms. The van der Waals surface area contributed by atoms with E-state index in [4.69, 9.17) is 33.3 Å². The van der Waals surface area contributed by atoms with Crippen molar-refractivity contribution in [3.63, 3.8) is 0 Å². The van der Waals surface area contributed by atoms with Gasteiger partial charge in [-0.3, -0.25) is 4.79 Å². The number of hydrogen-bond donors (Lipinski definition) is 1. The van der Waals surface area contributed by atoms with Crippen LogP contribution in [-0.4, -0.2) is 35.1 Å². The molecule has 1 unspecified atom stereocenters. The van der Waals surface area contributed by atoms with Crippen molar-refractivity contribution in [1.29, 1.82) is 0 Å². The minimum atomic E-state index is -0.386. The molecule has 0 fully saturated rings. The Kier molecular flexibility index (Phi) is 7.12. The summed E-state index contributed by atoms with van der Waals surface area (Å²) >= 11 is 12.0. The zero-order chi connectivity index (χ0) is 20.3. The number of nitrogens with one attached hydrogen (secondary N) is 1. The zero-order valence-electron chi connectivity index (χ0n) is 16.7. The average molecular weight is 411 g/mol. The quantitative estimate of drug-likeness (QED) is 0.661. The lowest BCUT2D eigenvalue weighted by atomic mass is 9.92. The fraction of sp³-hybridized carbons (Fsp3) is 0.500. The highest BCUT2D eigenvalue weighted by Crippen LogP contribution is 2.41. The van der Waals surface area contributed by atoms with Crippen molar-refractivity contribution in [1.82, 2.24) is 10.2 Å². The number of nitrogens with zero attached hydrogens (tertiary/aromatic N) is 1.